The van der Waals surface area contributed by atoms with Crippen LogP contribution in [0.4, 0.5) is 0 Å². The maximum absolute atomic E-state index is 9.69. The minimum Gasteiger partial charge on any atom is -0.145 e. The average molecular weight is 109 g/mol. The predicted octanol–water partition coefficient (Wildman–Crippen LogP) is 2.01. The van der Waals surface area contributed by atoms with E-state index >= 15 is 0 Å². The SMILES string of the molecule is C=CC=C(C=C)N=O. The van der Waals surface area contributed by atoms with Gasteiger partial charge in [0.25, 0.3) is 0 Å². The van der Waals surface area contributed by atoms with Crippen molar-refractivity contribution in [2.45, 2.75) is 0 Å². The summed E-state index contributed by atoms with van der Waals surface area (Å²) in [6.07, 6.45) is 4.34. The molecule has 0 atom stereocenters. The summed E-state index contributed by atoms with van der Waals surface area (Å²) in [5.41, 5.74) is 0.306. The molecule has 0 aromatic heterocycles. The summed E-state index contributed by atoms with van der Waals surface area (Å²) in [5, 5.41) is 2.62. The number of nitroso groups, excluding NO2 is 1. The normalized spacial score (nSPS) is 10.2. The Kier molecular flexibility index (Phi) is 3.40. The second-order valence-corrected chi connectivity index (χ2v) is 1.12. The third-order valence-electron chi connectivity index (χ3n) is 0.603. The molecule has 0 aliphatic carbocycles. The van der Waals surface area contributed by atoms with Crippen LogP contribution >= 0.6 is 0 Å². The van der Waals surface area contributed by atoms with Gasteiger partial charge in [0.15, 0.2) is 0 Å². The molecule has 0 bridgehead atoms. The van der Waals surface area contributed by atoms with Crippen LogP contribution in [0.25, 0.3) is 0 Å². The topological polar surface area (TPSA) is 29.4 Å². The lowest BCUT2D eigenvalue weighted by atomic mass is 10.4. The average Bonchev–Trinajstić information content (AvgIpc) is 1.83. The van der Waals surface area contributed by atoms with Crippen molar-refractivity contribution in [3.8, 4) is 0 Å². The minimum atomic E-state index is 0.306. The van der Waals surface area contributed by atoms with E-state index < -0.39 is 0 Å². The van der Waals surface area contributed by atoms with Crippen molar-refractivity contribution >= 4 is 0 Å². The minimum absolute atomic E-state index is 0.306. The Morgan fingerprint density at radius 3 is 2.25 bits per heavy atom. The van der Waals surface area contributed by atoms with Crippen LogP contribution in [0.1, 0.15) is 0 Å². The second kappa shape index (κ2) is 3.99. The van der Waals surface area contributed by atoms with Gasteiger partial charge in [0, 0.05) is 0 Å². The molecule has 0 heterocycles. The molecule has 2 nitrogen and oxygen atoms in total. The summed E-state index contributed by atoms with van der Waals surface area (Å²) in [4.78, 5) is 9.69. The van der Waals surface area contributed by atoms with E-state index in [-0.39, 0.29) is 0 Å². The molecule has 0 amide bonds. The van der Waals surface area contributed by atoms with Gasteiger partial charge in [0.1, 0.15) is 5.70 Å². The summed E-state index contributed by atoms with van der Waals surface area (Å²) in [7, 11) is 0. The molecule has 0 radical (unpaired) electrons. The van der Waals surface area contributed by atoms with Crippen LogP contribution in [0.3, 0.4) is 0 Å². The Labute approximate surface area is 48.2 Å². The summed E-state index contributed by atoms with van der Waals surface area (Å²) in [6.45, 7) is 6.71. The quantitative estimate of drug-likeness (QED) is 0.402. The number of rotatable bonds is 3. The molecule has 42 valence electrons. The molecule has 0 unspecified atom stereocenters. The van der Waals surface area contributed by atoms with Gasteiger partial charge in [0.2, 0.25) is 0 Å². The van der Waals surface area contributed by atoms with E-state index in [1.807, 2.05) is 0 Å². The summed E-state index contributed by atoms with van der Waals surface area (Å²) < 4.78 is 0. The number of hydrogen-bond donors (Lipinski definition) is 0. The molecule has 0 fully saturated rings. The Morgan fingerprint density at radius 2 is 2.12 bits per heavy atom. The monoisotopic (exact) mass is 109 g/mol. The summed E-state index contributed by atoms with van der Waals surface area (Å²) in [6, 6.07) is 0. The number of allylic oxidation sites excluding steroid dienone is 3. The highest BCUT2D eigenvalue weighted by molar-refractivity contribution is 5.18. The van der Waals surface area contributed by atoms with Crippen LogP contribution in [0, 0.1) is 4.91 Å². The van der Waals surface area contributed by atoms with E-state index in [9.17, 15) is 4.91 Å². The van der Waals surface area contributed by atoms with Crippen LogP contribution in [0.15, 0.2) is 42.3 Å². The third kappa shape index (κ3) is 2.08. The van der Waals surface area contributed by atoms with Crippen LogP contribution in [0.2, 0.25) is 0 Å². The molecule has 0 N–H and O–H groups in total. The molecule has 2 heteroatoms. The van der Waals surface area contributed by atoms with Gasteiger partial charge >= 0.3 is 0 Å². The fraction of sp³-hybridized carbons (Fsp3) is 0. The van der Waals surface area contributed by atoms with Crippen molar-refractivity contribution in [3.05, 3.63) is 42.0 Å². The zero-order valence-corrected chi connectivity index (χ0v) is 4.50. The highest BCUT2D eigenvalue weighted by atomic mass is 16.3. The first-order valence-electron chi connectivity index (χ1n) is 2.13. The number of hydrogen-bond acceptors (Lipinski definition) is 2. The smallest absolute Gasteiger partial charge is 0.107 e. The van der Waals surface area contributed by atoms with Crippen molar-refractivity contribution < 1.29 is 0 Å². The Bertz CT molecular complexity index is 125. The van der Waals surface area contributed by atoms with E-state index in [1.54, 1.807) is 0 Å². The van der Waals surface area contributed by atoms with Gasteiger partial charge < -0.3 is 0 Å². The predicted molar refractivity (Wildman–Crippen MR) is 34.3 cm³/mol. The Morgan fingerprint density at radius 1 is 1.50 bits per heavy atom. The molecular weight excluding hydrogens is 102 g/mol. The molecule has 0 aromatic carbocycles. The van der Waals surface area contributed by atoms with Crippen molar-refractivity contribution in [1.29, 1.82) is 0 Å². The second-order valence-electron chi connectivity index (χ2n) is 1.12. The molecule has 0 saturated heterocycles. The van der Waals surface area contributed by atoms with Crippen molar-refractivity contribution in [2.75, 3.05) is 0 Å². The molecule has 0 spiro atoms. The summed E-state index contributed by atoms with van der Waals surface area (Å²) in [5.74, 6) is 0. The lowest BCUT2D eigenvalue weighted by molar-refractivity contribution is 1.39. The van der Waals surface area contributed by atoms with Crippen LogP contribution in [-0.2, 0) is 0 Å². The first-order valence-corrected chi connectivity index (χ1v) is 2.13. The first kappa shape index (κ1) is 6.82. The van der Waals surface area contributed by atoms with Crippen LogP contribution in [-0.4, -0.2) is 0 Å². The van der Waals surface area contributed by atoms with Crippen molar-refractivity contribution in [1.82, 2.24) is 0 Å². The standard InChI is InChI=1S/C6H7NO/c1-3-5-6(4-2)7-8/h3-5H,1-2H2. The van der Waals surface area contributed by atoms with Crippen molar-refractivity contribution in [2.24, 2.45) is 5.18 Å². The number of nitrogens with zero attached hydrogens (tertiary/aromatic N) is 1. The molecule has 0 rings (SSSR count). The fourth-order valence-electron chi connectivity index (χ4n) is 0.256. The van der Waals surface area contributed by atoms with Crippen LogP contribution < -0.4 is 0 Å². The van der Waals surface area contributed by atoms with Gasteiger partial charge in [-0.3, -0.25) is 0 Å². The molecule has 0 aliphatic rings. The Hall–Kier alpha value is -1.18. The van der Waals surface area contributed by atoms with Crippen molar-refractivity contribution in [3.63, 3.8) is 0 Å². The van der Waals surface area contributed by atoms with Gasteiger partial charge in [-0.25, -0.2) is 0 Å². The fourth-order valence-corrected chi connectivity index (χ4v) is 0.256. The van der Waals surface area contributed by atoms with E-state index in [4.69, 9.17) is 0 Å². The molecule has 0 saturated carbocycles. The van der Waals surface area contributed by atoms with Crippen LogP contribution in [0.5, 0.6) is 0 Å². The van der Waals surface area contributed by atoms with Gasteiger partial charge in [0.05, 0.1) is 0 Å². The molecular formula is C6H7NO. The van der Waals surface area contributed by atoms with Gasteiger partial charge in [-0.05, 0) is 17.3 Å². The van der Waals surface area contributed by atoms with E-state index in [1.165, 1.54) is 18.2 Å². The largest absolute Gasteiger partial charge is 0.145 e. The zero-order valence-electron chi connectivity index (χ0n) is 4.50. The Balaban J connectivity index is 4.05. The van der Waals surface area contributed by atoms with E-state index in [0.717, 1.165) is 0 Å². The third-order valence-corrected chi connectivity index (χ3v) is 0.603. The molecule has 0 aliphatic heterocycles. The summed E-state index contributed by atoms with van der Waals surface area (Å²) >= 11 is 0. The highest BCUT2D eigenvalue weighted by Crippen LogP contribution is 1.94. The van der Waals surface area contributed by atoms with Gasteiger partial charge in [-0.15, -0.1) is 4.91 Å². The van der Waals surface area contributed by atoms with E-state index in [2.05, 4.69) is 18.3 Å². The lowest BCUT2D eigenvalue weighted by Gasteiger charge is -1.77. The highest BCUT2D eigenvalue weighted by Gasteiger charge is 1.80. The maximum Gasteiger partial charge on any atom is 0.107 e. The van der Waals surface area contributed by atoms with Gasteiger partial charge in [-0.2, -0.15) is 0 Å². The zero-order chi connectivity index (χ0) is 6.41. The first-order chi connectivity index (χ1) is 3.85. The molecule has 0 aromatic rings. The van der Waals surface area contributed by atoms with E-state index in [0.29, 0.717) is 5.70 Å². The maximum atomic E-state index is 9.69. The lowest BCUT2D eigenvalue weighted by Crippen LogP contribution is -1.62. The van der Waals surface area contributed by atoms with Gasteiger partial charge in [-0.1, -0.05) is 19.2 Å². The molecule has 8 heavy (non-hydrogen) atoms.